The van der Waals surface area contributed by atoms with Crippen LogP contribution in [0.3, 0.4) is 0 Å². The molecule has 0 bridgehead atoms. The van der Waals surface area contributed by atoms with E-state index in [4.69, 9.17) is 10.00 Å². The Morgan fingerprint density at radius 2 is 2.33 bits per heavy atom. The van der Waals surface area contributed by atoms with Crippen LogP contribution in [0.5, 0.6) is 5.75 Å². The number of aromatic nitrogens is 2. The number of rotatable bonds is 4. The lowest BCUT2D eigenvalue weighted by molar-refractivity contribution is 0.304. The fraction of sp³-hybridized carbons (Fsp3) is 0.231. The average Bonchev–Trinajstić information content (AvgIpc) is 2.84. The fourth-order valence-electron chi connectivity index (χ4n) is 1.50. The van der Waals surface area contributed by atoms with Gasteiger partial charge in [0, 0.05) is 24.4 Å². The molecule has 1 aromatic heterocycles. The van der Waals surface area contributed by atoms with Crippen LogP contribution in [0.25, 0.3) is 0 Å². The van der Waals surface area contributed by atoms with E-state index in [2.05, 4.69) is 5.10 Å². The highest BCUT2D eigenvalue weighted by Gasteiger charge is 2.04. The van der Waals surface area contributed by atoms with Gasteiger partial charge in [-0.25, -0.2) is 4.39 Å². The Morgan fingerprint density at radius 1 is 1.50 bits per heavy atom. The number of benzene rings is 1. The van der Waals surface area contributed by atoms with Crippen molar-refractivity contribution in [2.24, 2.45) is 0 Å². The second-order valence-corrected chi connectivity index (χ2v) is 3.75. The van der Waals surface area contributed by atoms with Gasteiger partial charge in [-0.05, 0) is 19.1 Å². The SMILES string of the molecule is CCn1cc(COc2ccc(C#N)c(F)c2)cn1. The third-order valence-electron chi connectivity index (χ3n) is 2.48. The van der Waals surface area contributed by atoms with Crippen molar-refractivity contribution in [3.05, 3.63) is 47.5 Å². The fourth-order valence-corrected chi connectivity index (χ4v) is 1.50. The first-order chi connectivity index (χ1) is 8.72. The number of halogens is 1. The van der Waals surface area contributed by atoms with E-state index in [-0.39, 0.29) is 5.56 Å². The Labute approximate surface area is 104 Å². The van der Waals surface area contributed by atoms with Gasteiger partial charge in [-0.2, -0.15) is 10.4 Å². The van der Waals surface area contributed by atoms with Crippen LogP contribution in [-0.4, -0.2) is 9.78 Å². The lowest BCUT2D eigenvalue weighted by Crippen LogP contribution is -1.96. The molecule has 0 N–H and O–H groups in total. The minimum Gasteiger partial charge on any atom is -0.489 e. The summed E-state index contributed by atoms with van der Waals surface area (Å²) < 4.78 is 20.5. The molecule has 0 atom stereocenters. The van der Waals surface area contributed by atoms with Crippen LogP contribution in [0, 0.1) is 17.1 Å². The lowest BCUT2D eigenvalue weighted by atomic mass is 10.2. The molecule has 18 heavy (non-hydrogen) atoms. The zero-order chi connectivity index (χ0) is 13.0. The highest BCUT2D eigenvalue weighted by Crippen LogP contribution is 2.17. The molecule has 0 unspecified atom stereocenters. The molecule has 5 heteroatoms. The summed E-state index contributed by atoms with van der Waals surface area (Å²) in [4.78, 5) is 0. The number of hydrogen-bond donors (Lipinski definition) is 0. The Balaban J connectivity index is 2.02. The molecule has 1 heterocycles. The molecule has 0 spiro atoms. The molecule has 0 fully saturated rings. The minimum absolute atomic E-state index is 0.0150. The summed E-state index contributed by atoms with van der Waals surface area (Å²) in [5.41, 5.74) is 0.933. The van der Waals surface area contributed by atoms with Gasteiger partial charge in [0.2, 0.25) is 0 Å². The second-order valence-electron chi connectivity index (χ2n) is 3.75. The summed E-state index contributed by atoms with van der Waals surface area (Å²) in [6.07, 6.45) is 3.59. The van der Waals surface area contributed by atoms with Crippen molar-refractivity contribution < 1.29 is 9.13 Å². The molecule has 0 aliphatic carbocycles. The zero-order valence-electron chi connectivity index (χ0n) is 9.93. The van der Waals surface area contributed by atoms with Gasteiger partial charge in [-0.15, -0.1) is 0 Å². The molecule has 0 radical (unpaired) electrons. The lowest BCUT2D eigenvalue weighted by Gasteiger charge is -2.04. The quantitative estimate of drug-likeness (QED) is 0.831. The monoisotopic (exact) mass is 245 g/mol. The number of nitriles is 1. The van der Waals surface area contributed by atoms with Crippen molar-refractivity contribution in [1.29, 1.82) is 5.26 Å². The highest BCUT2D eigenvalue weighted by molar-refractivity contribution is 5.36. The Bertz CT molecular complexity index is 586. The van der Waals surface area contributed by atoms with E-state index in [1.165, 1.54) is 12.1 Å². The van der Waals surface area contributed by atoms with Crippen LogP contribution in [0.15, 0.2) is 30.6 Å². The van der Waals surface area contributed by atoms with Gasteiger partial charge in [0.25, 0.3) is 0 Å². The standard InChI is InChI=1S/C13H12FN3O/c1-2-17-8-10(7-16-17)9-18-12-4-3-11(6-15)13(14)5-12/h3-5,7-8H,2,9H2,1H3. The molecule has 0 saturated carbocycles. The highest BCUT2D eigenvalue weighted by atomic mass is 19.1. The summed E-state index contributed by atoms with van der Waals surface area (Å²) >= 11 is 0. The summed E-state index contributed by atoms with van der Waals surface area (Å²) in [6.45, 7) is 3.12. The molecule has 0 saturated heterocycles. The van der Waals surface area contributed by atoms with Gasteiger partial charge in [0.1, 0.15) is 24.2 Å². The predicted octanol–water partition coefficient (Wildman–Crippen LogP) is 2.49. The van der Waals surface area contributed by atoms with E-state index in [0.29, 0.717) is 12.4 Å². The van der Waals surface area contributed by atoms with Gasteiger partial charge in [-0.1, -0.05) is 0 Å². The first-order valence-electron chi connectivity index (χ1n) is 5.56. The second kappa shape index (κ2) is 5.32. The van der Waals surface area contributed by atoms with Gasteiger partial charge in [0.15, 0.2) is 0 Å². The van der Waals surface area contributed by atoms with Crippen LogP contribution in [-0.2, 0) is 13.2 Å². The molecule has 1 aromatic carbocycles. The van der Waals surface area contributed by atoms with E-state index in [0.717, 1.165) is 12.1 Å². The molecular formula is C13H12FN3O. The van der Waals surface area contributed by atoms with E-state index in [1.54, 1.807) is 23.0 Å². The number of ether oxygens (including phenoxy) is 1. The van der Waals surface area contributed by atoms with Gasteiger partial charge < -0.3 is 4.74 Å². The largest absolute Gasteiger partial charge is 0.489 e. The van der Waals surface area contributed by atoms with Crippen LogP contribution in [0.4, 0.5) is 4.39 Å². The van der Waals surface area contributed by atoms with Gasteiger partial charge >= 0.3 is 0 Å². The number of nitrogens with zero attached hydrogens (tertiary/aromatic N) is 3. The molecule has 4 nitrogen and oxygen atoms in total. The van der Waals surface area contributed by atoms with Gasteiger partial charge in [0.05, 0.1) is 11.8 Å². The van der Waals surface area contributed by atoms with E-state index < -0.39 is 5.82 Å². The number of hydrogen-bond acceptors (Lipinski definition) is 3. The van der Waals surface area contributed by atoms with Crippen molar-refractivity contribution in [2.45, 2.75) is 20.1 Å². The summed E-state index contributed by atoms with van der Waals surface area (Å²) in [6, 6.07) is 5.95. The van der Waals surface area contributed by atoms with Crippen molar-refractivity contribution in [1.82, 2.24) is 9.78 Å². The minimum atomic E-state index is -0.570. The summed E-state index contributed by atoms with van der Waals surface area (Å²) in [7, 11) is 0. The maximum Gasteiger partial charge on any atom is 0.144 e. The average molecular weight is 245 g/mol. The van der Waals surface area contributed by atoms with Gasteiger partial charge in [-0.3, -0.25) is 4.68 Å². The third kappa shape index (κ3) is 2.66. The first-order valence-corrected chi connectivity index (χ1v) is 5.56. The third-order valence-corrected chi connectivity index (χ3v) is 2.48. The molecule has 0 aliphatic rings. The van der Waals surface area contributed by atoms with Crippen molar-refractivity contribution in [3.63, 3.8) is 0 Å². The van der Waals surface area contributed by atoms with Crippen LogP contribution in [0.1, 0.15) is 18.1 Å². The first kappa shape index (κ1) is 12.1. The molecule has 2 aromatic rings. The Hall–Kier alpha value is -2.35. The van der Waals surface area contributed by atoms with Crippen molar-refractivity contribution >= 4 is 0 Å². The molecule has 92 valence electrons. The Kier molecular flexibility index (Phi) is 3.58. The molecule has 2 rings (SSSR count). The van der Waals surface area contributed by atoms with Crippen molar-refractivity contribution in [3.8, 4) is 11.8 Å². The molecule has 0 aliphatic heterocycles. The Morgan fingerprint density at radius 3 is 2.94 bits per heavy atom. The van der Waals surface area contributed by atoms with Crippen LogP contribution < -0.4 is 4.74 Å². The number of aryl methyl sites for hydroxylation is 1. The zero-order valence-corrected chi connectivity index (χ0v) is 9.93. The van der Waals surface area contributed by atoms with E-state index >= 15 is 0 Å². The smallest absolute Gasteiger partial charge is 0.144 e. The van der Waals surface area contributed by atoms with Crippen molar-refractivity contribution in [2.75, 3.05) is 0 Å². The van der Waals surface area contributed by atoms with E-state index in [9.17, 15) is 4.39 Å². The normalized spacial score (nSPS) is 10.1. The predicted molar refractivity (Wildman–Crippen MR) is 63.3 cm³/mol. The maximum atomic E-state index is 13.3. The summed E-state index contributed by atoms with van der Waals surface area (Å²) in [5, 5.41) is 12.7. The van der Waals surface area contributed by atoms with E-state index in [1.807, 2.05) is 13.1 Å². The van der Waals surface area contributed by atoms with Crippen LogP contribution in [0.2, 0.25) is 0 Å². The molecule has 0 amide bonds. The molecular weight excluding hydrogens is 233 g/mol. The topological polar surface area (TPSA) is 50.8 Å². The summed E-state index contributed by atoms with van der Waals surface area (Å²) in [5.74, 6) is -0.171. The maximum absolute atomic E-state index is 13.3. The van der Waals surface area contributed by atoms with Crippen LogP contribution >= 0.6 is 0 Å².